The summed E-state index contributed by atoms with van der Waals surface area (Å²) in [5.41, 5.74) is 1.01. The van der Waals surface area contributed by atoms with E-state index < -0.39 is 15.9 Å². The van der Waals surface area contributed by atoms with E-state index in [2.05, 4.69) is 18.7 Å². The summed E-state index contributed by atoms with van der Waals surface area (Å²) in [6, 6.07) is 6.75. The van der Waals surface area contributed by atoms with Crippen molar-refractivity contribution in [2.24, 2.45) is 35.5 Å². The Bertz CT molecular complexity index is 869. The van der Waals surface area contributed by atoms with Crippen LogP contribution in [0, 0.1) is 42.4 Å². The maximum absolute atomic E-state index is 12.6. The highest BCUT2D eigenvalue weighted by atomic mass is 32.2. The lowest BCUT2D eigenvalue weighted by molar-refractivity contribution is -0.236. The molecule has 0 radical (unpaired) electrons. The Morgan fingerprint density at radius 1 is 1.11 bits per heavy atom. The first-order valence-electron chi connectivity index (χ1n) is 9.75. The number of ether oxygens (including phenoxy) is 2. The monoisotopic (exact) mass is 404 g/mol. The van der Waals surface area contributed by atoms with E-state index in [1.54, 1.807) is 38.5 Å². The van der Waals surface area contributed by atoms with Crippen molar-refractivity contribution in [3.8, 4) is 0 Å². The van der Waals surface area contributed by atoms with E-state index >= 15 is 0 Å². The van der Waals surface area contributed by atoms with Gasteiger partial charge in [-0.05, 0) is 49.1 Å². The number of methoxy groups -OCH3 is 2. The molecule has 0 spiro atoms. The van der Waals surface area contributed by atoms with E-state index in [4.69, 9.17) is 13.7 Å². The summed E-state index contributed by atoms with van der Waals surface area (Å²) in [6.45, 7) is 6.11. The van der Waals surface area contributed by atoms with Crippen LogP contribution >= 0.6 is 0 Å². The molecular weight excluding hydrogens is 376 g/mol. The van der Waals surface area contributed by atoms with Crippen LogP contribution in [0.5, 0.6) is 0 Å². The van der Waals surface area contributed by atoms with E-state index in [-0.39, 0.29) is 35.2 Å². The Morgan fingerprint density at radius 3 is 2.29 bits per heavy atom. The molecule has 5 nitrogen and oxygen atoms in total. The predicted molar refractivity (Wildman–Crippen MR) is 106 cm³/mol. The standard InChI is InChI=1S/C22H28O5S/c1-5-15-12-16(13-27-28(23,24)17-8-6-14(2)7-9-17)21-19-11-10-18(20(15)21)22(19,25-3)26-4/h5-11,15-16,18-21H,1,12-13H2,2-4H3/t15-,16-,18+,19-,20-,21+/m1/s1. The van der Waals surface area contributed by atoms with Crippen LogP contribution in [0.15, 0.2) is 54.0 Å². The maximum atomic E-state index is 12.6. The van der Waals surface area contributed by atoms with Crippen LogP contribution in [-0.2, 0) is 23.8 Å². The van der Waals surface area contributed by atoms with Crippen molar-refractivity contribution in [2.45, 2.75) is 24.0 Å². The van der Waals surface area contributed by atoms with Crippen LogP contribution in [-0.4, -0.2) is 35.0 Å². The fourth-order valence-electron chi connectivity index (χ4n) is 5.84. The molecule has 152 valence electrons. The number of fused-ring (bicyclic) bond motifs is 5. The van der Waals surface area contributed by atoms with Crippen molar-refractivity contribution in [1.82, 2.24) is 0 Å². The maximum Gasteiger partial charge on any atom is 0.296 e. The summed E-state index contributed by atoms with van der Waals surface area (Å²) < 4.78 is 42.5. The lowest BCUT2D eigenvalue weighted by Crippen LogP contribution is -2.42. The van der Waals surface area contributed by atoms with Gasteiger partial charge in [-0.15, -0.1) is 6.58 Å². The molecule has 0 amide bonds. The van der Waals surface area contributed by atoms with Gasteiger partial charge < -0.3 is 9.47 Å². The summed E-state index contributed by atoms with van der Waals surface area (Å²) in [4.78, 5) is 0.198. The van der Waals surface area contributed by atoms with Gasteiger partial charge in [0.15, 0.2) is 5.79 Å². The van der Waals surface area contributed by atoms with E-state index in [1.165, 1.54) is 0 Å². The summed E-state index contributed by atoms with van der Waals surface area (Å²) in [7, 11) is -0.400. The van der Waals surface area contributed by atoms with Gasteiger partial charge in [-0.1, -0.05) is 35.9 Å². The highest BCUT2D eigenvalue weighted by Gasteiger charge is 2.67. The molecular formula is C22H28O5S. The first kappa shape index (κ1) is 19.8. The molecule has 0 heterocycles. The lowest BCUT2D eigenvalue weighted by Gasteiger charge is -2.34. The fourth-order valence-corrected chi connectivity index (χ4v) is 6.79. The van der Waals surface area contributed by atoms with Crippen LogP contribution < -0.4 is 0 Å². The topological polar surface area (TPSA) is 61.8 Å². The zero-order chi connectivity index (χ0) is 20.1. The Labute approximate surface area is 167 Å². The molecule has 3 aliphatic rings. The molecule has 2 fully saturated rings. The third-order valence-corrected chi connectivity index (χ3v) is 8.33. The second-order valence-electron chi connectivity index (χ2n) is 8.17. The van der Waals surface area contributed by atoms with Gasteiger partial charge in [-0.25, -0.2) is 0 Å². The number of rotatable bonds is 7. The molecule has 0 N–H and O–H groups in total. The molecule has 6 atom stereocenters. The Morgan fingerprint density at radius 2 is 1.71 bits per heavy atom. The van der Waals surface area contributed by atoms with Crippen molar-refractivity contribution < 1.29 is 22.1 Å². The highest BCUT2D eigenvalue weighted by Crippen LogP contribution is 2.65. The van der Waals surface area contributed by atoms with Crippen molar-refractivity contribution in [3.05, 3.63) is 54.6 Å². The summed E-state index contributed by atoms with van der Waals surface area (Å²) >= 11 is 0. The second kappa shape index (κ2) is 7.10. The number of hydrogen-bond donors (Lipinski definition) is 0. The van der Waals surface area contributed by atoms with Gasteiger partial charge in [0.05, 0.1) is 11.5 Å². The van der Waals surface area contributed by atoms with E-state index in [1.807, 2.05) is 13.0 Å². The Balaban J connectivity index is 1.55. The van der Waals surface area contributed by atoms with Gasteiger partial charge in [0.2, 0.25) is 0 Å². The normalized spacial score (nSPS) is 35.2. The predicted octanol–water partition coefficient (Wildman–Crippen LogP) is 3.56. The van der Waals surface area contributed by atoms with Crippen molar-refractivity contribution in [1.29, 1.82) is 0 Å². The first-order chi connectivity index (χ1) is 13.4. The van der Waals surface area contributed by atoms with Gasteiger partial charge in [0.1, 0.15) is 0 Å². The smallest absolute Gasteiger partial charge is 0.296 e. The SMILES string of the molecule is C=C[C@@H]1C[C@H](COS(=O)(=O)c2ccc(C)cc2)[C@@H]2[C@H]1[C@@H]1C=C[C@H]2C1(OC)OC. The molecule has 0 saturated heterocycles. The molecule has 0 unspecified atom stereocenters. The van der Waals surface area contributed by atoms with Crippen LogP contribution in [0.3, 0.4) is 0 Å². The fraction of sp³-hybridized carbons (Fsp3) is 0.545. The molecule has 6 heteroatoms. The Hall–Kier alpha value is -1.47. The first-order valence-corrected chi connectivity index (χ1v) is 11.2. The molecule has 2 saturated carbocycles. The molecule has 3 aliphatic carbocycles. The zero-order valence-electron chi connectivity index (χ0n) is 16.6. The summed E-state index contributed by atoms with van der Waals surface area (Å²) in [5.74, 6) is 0.583. The van der Waals surface area contributed by atoms with Crippen LogP contribution in [0.4, 0.5) is 0 Å². The van der Waals surface area contributed by atoms with Crippen LogP contribution in [0.2, 0.25) is 0 Å². The zero-order valence-corrected chi connectivity index (χ0v) is 17.4. The quantitative estimate of drug-likeness (QED) is 0.395. The Kier molecular flexibility index (Phi) is 5.02. The molecule has 1 aromatic carbocycles. The second-order valence-corrected chi connectivity index (χ2v) is 9.78. The number of allylic oxidation sites excluding steroid dienone is 1. The average molecular weight is 405 g/mol. The molecule has 0 aliphatic heterocycles. The molecule has 28 heavy (non-hydrogen) atoms. The molecule has 0 aromatic heterocycles. The minimum atomic E-state index is -3.78. The third kappa shape index (κ3) is 2.81. The van der Waals surface area contributed by atoms with Gasteiger partial charge in [-0.3, -0.25) is 4.18 Å². The minimum absolute atomic E-state index is 0.0955. The lowest BCUT2D eigenvalue weighted by atomic mass is 9.79. The van der Waals surface area contributed by atoms with Crippen LogP contribution in [0.25, 0.3) is 0 Å². The third-order valence-electron chi connectivity index (χ3n) is 7.03. The number of aryl methyl sites for hydroxylation is 1. The molecule has 1 aromatic rings. The van der Waals surface area contributed by atoms with Gasteiger partial charge in [0.25, 0.3) is 10.1 Å². The van der Waals surface area contributed by atoms with Gasteiger partial charge in [-0.2, -0.15) is 8.42 Å². The average Bonchev–Trinajstić information content (AvgIpc) is 3.33. The van der Waals surface area contributed by atoms with Gasteiger partial charge in [0, 0.05) is 26.1 Å². The van der Waals surface area contributed by atoms with E-state index in [0.717, 1.165) is 12.0 Å². The van der Waals surface area contributed by atoms with E-state index in [9.17, 15) is 8.42 Å². The van der Waals surface area contributed by atoms with Crippen molar-refractivity contribution >= 4 is 10.1 Å². The van der Waals surface area contributed by atoms with E-state index in [0.29, 0.717) is 11.8 Å². The van der Waals surface area contributed by atoms with Crippen molar-refractivity contribution in [3.63, 3.8) is 0 Å². The van der Waals surface area contributed by atoms with Crippen LogP contribution in [0.1, 0.15) is 12.0 Å². The molecule has 2 bridgehead atoms. The highest BCUT2D eigenvalue weighted by molar-refractivity contribution is 7.86. The minimum Gasteiger partial charge on any atom is -0.352 e. The van der Waals surface area contributed by atoms with Gasteiger partial charge >= 0.3 is 0 Å². The van der Waals surface area contributed by atoms with Crippen molar-refractivity contribution in [2.75, 3.05) is 20.8 Å². The largest absolute Gasteiger partial charge is 0.352 e. The molecule has 4 rings (SSSR count). The summed E-state index contributed by atoms with van der Waals surface area (Å²) in [6.07, 6.45) is 7.24. The summed E-state index contributed by atoms with van der Waals surface area (Å²) in [5, 5.41) is 0. The number of benzene rings is 1. The number of hydrogen-bond acceptors (Lipinski definition) is 5.